The predicted octanol–water partition coefficient (Wildman–Crippen LogP) is 0.985. The lowest BCUT2D eigenvalue weighted by atomic mass is 10.0. The molecule has 0 aromatic heterocycles. The summed E-state index contributed by atoms with van der Waals surface area (Å²) in [4.78, 5) is 2.30. The van der Waals surface area contributed by atoms with Crippen LogP contribution in [-0.4, -0.2) is 54.2 Å². The molecule has 4 nitrogen and oxygen atoms in total. The van der Waals surface area contributed by atoms with E-state index < -0.39 is 0 Å². The minimum Gasteiger partial charge on any atom is -0.392 e. The van der Waals surface area contributed by atoms with Crippen molar-refractivity contribution in [1.29, 1.82) is 0 Å². The molecule has 94 valence electrons. The molecule has 1 spiro atoms. The first-order chi connectivity index (χ1) is 7.63. The molecule has 16 heavy (non-hydrogen) atoms. The molecule has 0 radical (unpaired) electrons. The van der Waals surface area contributed by atoms with Crippen molar-refractivity contribution >= 4 is 0 Å². The maximum absolute atomic E-state index is 9.60. The standard InChI is InChI=1S/C12H23NO3/c1-3-11(14)8-13-6-4-12(5-7-13)15-9-10(2)16-12/h10-11,14H,3-9H2,1-2H3/t10-,11+/m1/s1. The Balaban J connectivity index is 1.78. The average molecular weight is 229 g/mol. The fourth-order valence-corrected chi connectivity index (χ4v) is 2.47. The van der Waals surface area contributed by atoms with E-state index in [1.165, 1.54) is 0 Å². The van der Waals surface area contributed by atoms with E-state index in [1.54, 1.807) is 0 Å². The molecule has 2 aliphatic rings. The first kappa shape index (κ1) is 12.3. The summed E-state index contributed by atoms with van der Waals surface area (Å²) in [5.41, 5.74) is 0. The zero-order valence-corrected chi connectivity index (χ0v) is 10.3. The smallest absolute Gasteiger partial charge is 0.171 e. The van der Waals surface area contributed by atoms with Gasteiger partial charge in [0.1, 0.15) is 0 Å². The van der Waals surface area contributed by atoms with Gasteiger partial charge in [-0.1, -0.05) is 6.92 Å². The molecule has 2 saturated heterocycles. The van der Waals surface area contributed by atoms with Gasteiger partial charge in [-0.25, -0.2) is 0 Å². The largest absolute Gasteiger partial charge is 0.392 e. The van der Waals surface area contributed by atoms with Gasteiger partial charge in [0.15, 0.2) is 5.79 Å². The lowest BCUT2D eigenvalue weighted by Crippen LogP contribution is -2.47. The summed E-state index contributed by atoms with van der Waals surface area (Å²) in [5.74, 6) is -0.312. The van der Waals surface area contributed by atoms with E-state index in [1.807, 2.05) is 6.92 Å². The van der Waals surface area contributed by atoms with Crippen molar-refractivity contribution in [2.45, 2.75) is 51.1 Å². The van der Waals surface area contributed by atoms with Gasteiger partial charge < -0.3 is 19.5 Å². The van der Waals surface area contributed by atoms with Crippen molar-refractivity contribution in [3.05, 3.63) is 0 Å². The second kappa shape index (κ2) is 5.00. The topological polar surface area (TPSA) is 41.9 Å². The maximum Gasteiger partial charge on any atom is 0.171 e. The van der Waals surface area contributed by atoms with Crippen LogP contribution in [0.3, 0.4) is 0 Å². The zero-order chi connectivity index (χ0) is 11.6. The summed E-state index contributed by atoms with van der Waals surface area (Å²) >= 11 is 0. The third kappa shape index (κ3) is 2.74. The van der Waals surface area contributed by atoms with Crippen LogP contribution in [0.15, 0.2) is 0 Å². The van der Waals surface area contributed by atoms with Crippen molar-refractivity contribution in [2.24, 2.45) is 0 Å². The minimum absolute atomic E-state index is 0.196. The Kier molecular flexibility index (Phi) is 3.85. The SMILES string of the molecule is CC[C@H](O)CN1CCC2(CC1)OC[C@@H](C)O2. The van der Waals surface area contributed by atoms with Gasteiger partial charge in [0, 0.05) is 32.5 Å². The van der Waals surface area contributed by atoms with Crippen LogP contribution in [-0.2, 0) is 9.47 Å². The van der Waals surface area contributed by atoms with Crippen molar-refractivity contribution in [2.75, 3.05) is 26.2 Å². The van der Waals surface area contributed by atoms with Crippen LogP contribution in [0.4, 0.5) is 0 Å². The first-order valence-corrected chi connectivity index (χ1v) is 6.36. The Morgan fingerprint density at radius 3 is 2.62 bits per heavy atom. The van der Waals surface area contributed by atoms with Crippen LogP contribution in [0.2, 0.25) is 0 Å². The van der Waals surface area contributed by atoms with Gasteiger partial charge in [0.25, 0.3) is 0 Å². The molecular weight excluding hydrogens is 206 g/mol. The Morgan fingerprint density at radius 2 is 2.12 bits per heavy atom. The minimum atomic E-state index is -0.312. The third-order valence-electron chi connectivity index (χ3n) is 3.56. The normalized spacial score (nSPS) is 32.1. The van der Waals surface area contributed by atoms with Crippen molar-refractivity contribution in [1.82, 2.24) is 4.90 Å². The zero-order valence-electron chi connectivity index (χ0n) is 10.3. The van der Waals surface area contributed by atoms with Crippen LogP contribution in [0.1, 0.15) is 33.1 Å². The molecule has 2 fully saturated rings. The van der Waals surface area contributed by atoms with E-state index in [0.29, 0.717) is 0 Å². The maximum atomic E-state index is 9.60. The molecule has 2 heterocycles. The molecule has 2 atom stereocenters. The number of ether oxygens (including phenoxy) is 2. The van der Waals surface area contributed by atoms with Crippen LogP contribution < -0.4 is 0 Å². The number of hydrogen-bond donors (Lipinski definition) is 1. The van der Waals surface area contributed by atoms with Gasteiger partial charge in [-0.15, -0.1) is 0 Å². The quantitative estimate of drug-likeness (QED) is 0.783. The number of likely N-dealkylation sites (tertiary alicyclic amines) is 1. The summed E-state index contributed by atoms with van der Waals surface area (Å²) in [6.07, 6.45) is 2.71. The van der Waals surface area contributed by atoms with E-state index in [4.69, 9.17) is 9.47 Å². The van der Waals surface area contributed by atoms with E-state index in [0.717, 1.165) is 45.5 Å². The van der Waals surface area contributed by atoms with Gasteiger partial charge in [0.05, 0.1) is 18.8 Å². The van der Waals surface area contributed by atoms with E-state index >= 15 is 0 Å². The molecule has 0 bridgehead atoms. The molecule has 0 amide bonds. The van der Waals surface area contributed by atoms with Gasteiger partial charge in [-0.2, -0.15) is 0 Å². The predicted molar refractivity (Wildman–Crippen MR) is 61.2 cm³/mol. The molecule has 0 aliphatic carbocycles. The number of piperidine rings is 1. The highest BCUT2D eigenvalue weighted by atomic mass is 16.7. The number of β-amino-alcohol motifs (C(OH)–C–C–N with tert-alkyl or cyclic N) is 1. The molecule has 2 rings (SSSR count). The first-order valence-electron chi connectivity index (χ1n) is 6.36. The highest BCUT2D eigenvalue weighted by molar-refractivity contribution is 4.85. The highest BCUT2D eigenvalue weighted by Gasteiger charge is 2.42. The summed E-state index contributed by atoms with van der Waals surface area (Å²) in [7, 11) is 0. The van der Waals surface area contributed by atoms with E-state index in [-0.39, 0.29) is 18.0 Å². The van der Waals surface area contributed by atoms with Crippen LogP contribution in [0, 0.1) is 0 Å². The molecule has 4 heteroatoms. The van der Waals surface area contributed by atoms with E-state index in [2.05, 4.69) is 11.8 Å². The Labute approximate surface area is 97.5 Å². The monoisotopic (exact) mass is 229 g/mol. The summed E-state index contributed by atoms with van der Waals surface area (Å²) in [6, 6.07) is 0. The lowest BCUT2D eigenvalue weighted by molar-refractivity contribution is -0.194. The highest BCUT2D eigenvalue weighted by Crippen LogP contribution is 2.33. The molecule has 0 saturated carbocycles. The van der Waals surface area contributed by atoms with Gasteiger partial charge in [0.2, 0.25) is 0 Å². The lowest BCUT2D eigenvalue weighted by Gasteiger charge is -2.38. The summed E-state index contributed by atoms with van der Waals surface area (Å²) in [6.45, 7) is 7.50. The number of nitrogens with zero attached hydrogens (tertiary/aromatic N) is 1. The fourth-order valence-electron chi connectivity index (χ4n) is 2.47. The number of rotatable bonds is 3. The number of hydrogen-bond acceptors (Lipinski definition) is 4. The molecule has 0 aromatic carbocycles. The fraction of sp³-hybridized carbons (Fsp3) is 1.00. The Morgan fingerprint density at radius 1 is 1.44 bits per heavy atom. The van der Waals surface area contributed by atoms with Crippen molar-refractivity contribution < 1.29 is 14.6 Å². The molecule has 0 aromatic rings. The Bertz CT molecular complexity index is 226. The molecular formula is C12H23NO3. The van der Waals surface area contributed by atoms with Gasteiger partial charge in [-0.3, -0.25) is 0 Å². The second-order valence-corrected chi connectivity index (χ2v) is 5.01. The number of aliphatic hydroxyl groups excluding tert-OH is 1. The Hall–Kier alpha value is -0.160. The van der Waals surface area contributed by atoms with Crippen molar-refractivity contribution in [3.8, 4) is 0 Å². The molecule has 0 unspecified atom stereocenters. The van der Waals surface area contributed by atoms with Crippen molar-refractivity contribution in [3.63, 3.8) is 0 Å². The summed E-state index contributed by atoms with van der Waals surface area (Å²) in [5, 5.41) is 9.60. The molecule has 2 aliphatic heterocycles. The van der Waals surface area contributed by atoms with Crippen LogP contribution in [0.25, 0.3) is 0 Å². The molecule has 1 N–H and O–H groups in total. The van der Waals surface area contributed by atoms with E-state index in [9.17, 15) is 5.11 Å². The third-order valence-corrected chi connectivity index (χ3v) is 3.56. The van der Waals surface area contributed by atoms with Gasteiger partial charge >= 0.3 is 0 Å². The van der Waals surface area contributed by atoms with Gasteiger partial charge in [-0.05, 0) is 13.3 Å². The summed E-state index contributed by atoms with van der Waals surface area (Å²) < 4.78 is 11.6. The number of aliphatic hydroxyl groups is 1. The van der Waals surface area contributed by atoms with Crippen LogP contribution in [0.5, 0.6) is 0 Å². The average Bonchev–Trinajstić information content (AvgIpc) is 2.64. The van der Waals surface area contributed by atoms with Crippen LogP contribution >= 0.6 is 0 Å². The second-order valence-electron chi connectivity index (χ2n) is 5.01.